The van der Waals surface area contributed by atoms with Crippen molar-refractivity contribution in [1.29, 1.82) is 0 Å². The maximum Gasteiger partial charge on any atom is 0.236 e. The van der Waals surface area contributed by atoms with E-state index in [1.165, 1.54) is 0 Å². The summed E-state index contributed by atoms with van der Waals surface area (Å²) in [5.74, 6) is 0.948. The van der Waals surface area contributed by atoms with Gasteiger partial charge < -0.3 is 9.47 Å². The van der Waals surface area contributed by atoms with E-state index in [2.05, 4.69) is 11.1 Å². The second-order valence-electron chi connectivity index (χ2n) is 6.56. The lowest BCUT2D eigenvalue weighted by Gasteiger charge is -2.16. The van der Waals surface area contributed by atoms with Gasteiger partial charge in [-0.1, -0.05) is 6.07 Å². The molecule has 1 aromatic carbocycles. The predicted octanol–water partition coefficient (Wildman–Crippen LogP) is 2.89. The van der Waals surface area contributed by atoms with E-state index < -0.39 is 5.41 Å². The fraction of sp³-hybridized carbons (Fsp3) is 0.278. The first-order chi connectivity index (χ1) is 10.9. The number of hydrogen-bond donors (Lipinski definition) is 0. The van der Waals surface area contributed by atoms with Crippen LogP contribution in [0.3, 0.4) is 0 Å². The summed E-state index contributed by atoms with van der Waals surface area (Å²) in [6, 6.07) is 9.89. The molecule has 0 radical (unpaired) electrons. The Bertz CT molecular complexity index is 941. The van der Waals surface area contributed by atoms with Gasteiger partial charge in [0.1, 0.15) is 5.69 Å². The zero-order chi connectivity index (χ0) is 16.4. The number of rotatable bonds is 1. The van der Waals surface area contributed by atoms with Gasteiger partial charge in [-0.05, 0) is 43.7 Å². The maximum absolute atomic E-state index is 12.4. The molecule has 1 aliphatic rings. The molecule has 1 aliphatic heterocycles. The molecule has 0 fully saturated rings. The smallest absolute Gasteiger partial charge is 0.236 e. The molecule has 3 heterocycles. The summed E-state index contributed by atoms with van der Waals surface area (Å²) >= 11 is 0. The van der Waals surface area contributed by atoms with Crippen molar-refractivity contribution >= 4 is 22.6 Å². The minimum Gasteiger partial charge on any atom is -0.326 e. The van der Waals surface area contributed by atoms with E-state index in [0.29, 0.717) is 0 Å². The molecule has 5 nitrogen and oxygen atoms in total. The van der Waals surface area contributed by atoms with Crippen molar-refractivity contribution in [3.63, 3.8) is 0 Å². The Balaban J connectivity index is 1.99. The van der Waals surface area contributed by atoms with Crippen molar-refractivity contribution in [2.24, 2.45) is 7.05 Å². The monoisotopic (exact) mass is 306 g/mol. The van der Waals surface area contributed by atoms with Gasteiger partial charge in [-0.2, -0.15) is 0 Å². The molecule has 5 heteroatoms. The van der Waals surface area contributed by atoms with Crippen molar-refractivity contribution < 1.29 is 4.79 Å². The van der Waals surface area contributed by atoms with Crippen molar-refractivity contribution in [1.82, 2.24) is 14.5 Å². The molecule has 0 saturated carbocycles. The fourth-order valence-electron chi connectivity index (χ4n) is 3.37. The van der Waals surface area contributed by atoms with Gasteiger partial charge in [0, 0.05) is 26.0 Å². The maximum atomic E-state index is 12.4. The molecule has 4 rings (SSSR count). The molecule has 0 N–H and O–H groups in total. The Morgan fingerprint density at radius 1 is 1.13 bits per heavy atom. The lowest BCUT2D eigenvalue weighted by Crippen LogP contribution is -2.33. The Morgan fingerprint density at radius 2 is 1.91 bits per heavy atom. The second-order valence-corrected chi connectivity index (χ2v) is 6.56. The molecule has 0 saturated heterocycles. The molecule has 0 spiro atoms. The number of benzene rings is 1. The van der Waals surface area contributed by atoms with Crippen molar-refractivity contribution in [3.05, 3.63) is 42.1 Å². The lowest BCUT2D eigenvalue weighted by atomic mass is 9.86. The Hall–Kier alpha value is -2.69. The van der Waals surface area contributed by atoms with Crippen LogP contribution >= 0.6 is 0 Å². The third kappa shape index (κ3) is 1.76. The minimum absolute atomic E-state index is 0.118. The normalized spacial score (nSPS) is 16.2. The minimum atomic E-state index is -0.513. The Kier molecular flexibility index (Phi) is 2.67. The number of nitrogens with zero attached hydrogens (tertiary/aromatic N) is 4. The van der Waals surface area contributed by atoms with E-state index >= 15 is 0 Å². The number of aryl methyl sites for hydroxylation is 1. The number of hydrogen-bond acceptors (Lipinski definition) is 3. The summed E-state index contributed by atoms with van der Waals surface area (Å²) in [4.78, 5) is 23.3. The summed E-state index contributed by atoms with van der Waals surface area (Å²) in [6.45, 7) is 3.93. The number of aromatic nitrogens is 3. The van der Waals surface area contributed by atoms with Crippen molar-refractivity contribution in [2.75, 3.05) is 11.9 Å². The van der Waals surface area contributed by atoms with E-state index in [1.54, 1.807) is 11.1 Å². The molecule has 116 valence electrons. The summed E-state index contributed by atoms with van der Waals surface area (Å²) < 4.78 is 2.03. The highest BCUT2D eigenvalue weighted by Gasteiger charge is 2.42. The summed E-state index contributed by atoms with van der Waals surface area (Å²) in [5, 5.41) is 0. The summed E-state index contributed by atoms with van der Waals surface area (Å²) in [5.41, 5.74) is 4.21. The first-order valence-electron chi connectivity index (χ1n) is 7.62. The standard InChI is InChI=1S/C18H18N4O/c1-18(2)11-9-13-15(10-14(11)22(4)17(18)23)21(3)16(20-13)12-7-5-6-8-19-12/h5-10H,1-4H3. The molecule has 2 aromatic heterocycles. The number of carbonyl (C=O) groups excluding carboxylic acids is 1. The second kappa shape index (κ2) is 4.41. The van der Waals surface area contributed by atoms with Crippen LogP contribution in [0.15, 0.2) is 36.5 Å². The fourth-order valence-corrected chi connectivity index (χ4v) is 3.37. The first kappa shape index (κ1) is 13.9. The third-order valence-corrected chi connectivity index (χ3v) is 4.77. The van der Waals surface area contributed by atoms with Gasteiger partial charge in [0.25, 0.3) is 0 Å². The van der Waals surface area contributed by atoms with Crippen LogP contribution in [0.25, 0.3) is 22.6 Å². The number of fused-ring (bicyclic) bond motifs is 2. The lowest BCUT2D eigenvalue weighted by molar-refractivity contribution is -0.121. The molecule has 0 aliphatic carbocycles. The molecular formula is C18H18N4O. The van der Waals surface area contributed by atoms with Crippen molar-refractivity contribution in [3.8, 4) is 11.5 Å². The third-order valence-electron chi connectivity index (χ3n) is 4.77. The van der Waals surface area contributed by atoms with Crippen LogP contribution < -0.4 is 4.90 Å². The summed E-state index contributed by atoms with van der Waals surface area (Å²) in [6.07, 6.45) is 1.77. The zero-order valence-electron chi connectivity index (χ0n) is 13.7. The van der Waals surface area contributed by atoms with E-state index in [0.717, 1.165) is 33.8 Å². The van der Waals surface area contributed by atoms with Gasteiger partial charge in [0.15, 0.2) is 5.82 Å². The Morgan fingerprint density at radius 3 is 2.61 bits per heavy atom. The number of likely N-dealkylation sites (N-methyl/N-ethyl adjacent to an activating group) is 1. The largest absolute Gasteiger partial charge is 0.326 e. The number of imidazole rings is 1. The number of anilines is 1. The van der Waals surface area contributed by atoms with Gasteiger partial charge in [0.05, 0.1) is 16.4 Å². The van der Waals surface area contributed by atoms with Crippen LogP contribution in [0, 0.1) is 0 Å². The van der Waals surface area contributed by atoms with Gasteiger partial charge in [-0.15, -0.1) is 0 Å². The van der Waals surface area contributed by atoms with Crippen LogP contribution in [-0.2, 0) is 17.3 Å². The van der Waals surface area contributed by atoms with Gasteiger partial charge in [-0.25, -0.2) is 4.98 Å². The van der Waals surface area contributed by atoms with Crippen LogP contribution in [0.1, 0.15) is 19.4 Å². The highest BCUT2D eigenvalue weighted by molar-refractivity contribution is 6.09. The predicted molar refractivity (Wildman–Crippen MR) is 90.4 cm³/mol. The van der Waals surface area contributed by atoms with Crippen LogP contribution in [0.4, 0.5) is 5.69 Å². The van der Waals surface area contributed by atoms with Gasteiger partial charge >= 0.3 is 0 Å². The molecule has 23 heavy (non-hydrogen) atoms. The Labute approximate surface area is 134 Å². The van der Waals surface area contributed by atoms with Gasteiger partial charge in [-0.3, -0.25) is 9.78 Å². The highest BCUT2D eigenvalue weighted by Crippen LogP contribution is 2.43. The molecular weight excluding hydrogens is 288 g/mol. The molecule has 0 unspecified atom stereocenters. The molecule has 0 bridgehead atoms. The first-order valence-corrected chi connectivity index (χ1v) is 7.62. The van der Waals surface area contributed by atoms with Crippen LogP contribution in [-0.4, -0.2) is 27.5 Å². The van der Waals surface area contributed by atoms with Gasteiger partial charge in [0.2, 0.25) is 5.91 Å². The average molecular weight is 306 g/mol. The zero-order valence-corrected chi connectivity index (χ0v) is 13.7. The number of carbonyl (C=O) groups is 1. The van der Waals surface area contributed by atoms with E-state index in [9.17, 15) is 4.79 Å². The topological polar surface area (TPSA) is 51.0 Å². The number of amides is 1. The average Bonchev–Trinajstić information content (AvgIpc) is 2.96. The number of pyridine rings is 1. The molecule has 0 atom stereocenters. The van der Waals surface area contributed by atoms with Crippen LogP contribution in [0.5, 0.6) is 0 Å². The SMILES string of the molecule is CN1C(=O)C(C)(C)c2cc3nc(-c4ccccn4)n(C)c3cc21. The van der Waals surface area contributed by atoms with E-state index in [4.69, 9.17) is 4.98 Å². The van der Waals surface area contributed by atoms with Crippen molar-refractivity contribution in [2.45, 2.75) is 19.3 Å². The summed E-state index contributed by atoms with van der Waals surface area (Å²) in [7, 11) is 3.81. The molecule has 3 aromatic rings. The van der Waals surface area contributed by atoms with E-state index in [-0.39, 0.29) is 5.91 Å². The quantitative estimate of drug-likeness (QED) is 0.694. The van der Waals surface area contributed by atoms with Crippen LogP contribution in [0.2, 0.25) is 0 Å². The van der Waals surface area contributed by atoms with E-state index in [1.807, 2.05) is 56.8 Å². The highest BCUT2D eigenvalue weighted by atomic mass is 16.2. The molecule has 1 amide bonds.